The van der Waals surface area contributed by atoms with Crippen LogP contribution in [-0.4, -0.2) is 36.7 Å². The average Bonchev–Trinajstić information content (AvgIpc) is 2.25. The number of halogens is 1. The summed E-state index contributed by atoms with van der Waals surface area (Å²) in [5.41, 5.74) is -1.51. The smallest absolute Gasteiger partial charge is 0.337 e. The summed E-state index contributed by atoms with van der Waals surface area (Å²) >= 11 is 5.65. The summed E-state index contributed by atoms with van der Waals surface area (Å²) in [5.74, 6) is -1.32. The molecule has 0 aliphatic rings. The number of carbonyl (C=O) groups is 1. The van der Waals surface area contributed by atoms with Crippen LogP contribution in [0.1, 0.15) is 24.2 Å². The molecular weight excluding hydrogens is 294 g/mol. The van der Waals surface area contributed by atoms with Crippen LogP contribution in [0.5, 0.6) is 0 Å². The number of aromatic carboxylic acids is 1. The molecular formula is C11H14ClNO5S. The molecule has 1 rings (SSSR count). The van der Waals surface area contributed by atoms with Crippen LogP contribution in [0.15, 0.2) is 23.1 Å². The van der Waals surface area contributed by atoms with Crippen LogP contribution in [0.3, 0.4) is 0 Å². The molecule has 0 saturated carbocycles. The van der Waals surface area contributed by atoms with Gasteiger partial charge < -0.3 is 10.2 Å². The van der Waals surface area contributed by atoms with Gasteiger partial charge in [-0.2, -0.15) is 0 Å². The molecule has 0 bridgehead atoms. The Morgan fingerprint density at radius 3 is 2.47 bits per heavy atom. The standard InChI is InChI=1S/C11H14ClNO5S/c1-11(2,16)6-13-19(17,18)7-3-4-9(12)8(5-7)10(14)15/h3-5,13,16H,6H2,1-2H3,(H,14,15). The Morgan fingerprint density at radius 2 is 2.00 bits per heavy atom. The predicted octanol–water partition coefficient (Wildman–Crippen LogP) is 1.09. The molecule has 0 aromatic heterocycles. The highest BCUT2D eigenvalue weighted by Gasteiger charge is 2.21. The maximum Gasteiger partial charge on any atom is 0.337 e. The SMILES string of the molecule is CC(C)(O)CNS(=O)(=O)c1ccc(Cl)c(C(=O)O)c1. The molecule has 0 unspecified atom stereocenters. The fourth-order valence-electron chi connectivity index (χ4n) is 1.19. The van der Waals surface area contributed by atoms with Gasteiger partial charge in [-0.3, -0.25) is 0 Å². The summed E-state index contributed by atoms with van der Waals surface area (Å²) in [6.07, 6.45) is 0. The lowest BCUT2D eigenvalue weighted by Crippen LogP contribution is -2.38. The zero-order valence-electron chi connectivity index (χ0n) is 10.3. The van der Waals surface area contributed by atoms with Crippen molar-refractivity contribution in [1.82, 2.24) is 4.72 Å². The van der Waals surface area contributed by atoms with Gasteiger partial charge in [-0.15, -0.1) is 0 Å². The van der Waals surface area contributed by atoms with Crippen molar-refractivity contribution in [3.8, 4) is 0 Å². The Hall–Kier alpha value is -1.15. The monoisotopic (exact) mass is 307 g/mol. The topological polar surface area (TPSA) is 104 Å². The lowest BCUT2D eigenvalue weighted by molar-refractivity contribution is 0.0696. The van der Waals surface area contributed by atoms with Gasteiger partial charge in [0.25, 0.3) is 0 Å². The molecule has 8 heteroatoms. The van der Waals surface area contributed by atoms with Crippen LogP contribution in [0, 0.1) is 0 Å². The highest BCUT2D eigenvalue weighted by molar-refractivity contribution is 7.89. The van der Waals surface area contributed by atoms with E-state index in [2.05, 4.69) is 4.72 Å². The van der Waals surface area contributed by atoms with Crippen molar-refractivity contribution in [2.75, 3.05) is 6.54 Å². The zero-order valence-corrected chi connectivity index (χ0v) is 11.9. The van der Waals surface area contributed by atoms with Gasteiger partial charge in [0.05, 0.1) is 21.1 Å². The number of carboxylic acids is 1. The van der Waals surface area contributed by atoms with E-state index in [1.807, 2.05) is 0 Å². The van der Waals surface area contributed by atoms with E-state index >= 15 is 0 Å². The molecule has 0 aliphatic carbocycles. The molecule has 1 aromatic carbocycles. The van der Waals surface area contributed by atoms with Gasteiger partial charge in [0.2, 0.25) is 10.0 Å². The van der Waals surface area contributed by atoms with E-state index in [0.29, 0.717) is 0 Å². The number of nitrogens with one attached hydrogen (secondary N) is 1. The first-order chi connectivity index (χ1) is 8.53. The summed E-state index contributed by atoms with van der Waals surface area (Å²) in [6.45, 7) is 2.69. The van der Waals surface area contributed by atoms with E-state index < -0.39 is 21.6 Å². The molecule has 0 fully saturated rings. The van der Waals surface area contributed by atoms with E-state index in [1.54, 1.807) is 0 Å². The Bertz CT molecular complexity index is 592. The van der Waals surface area contributed by atoms with E-state index in [4.69, 9.17) is 16.7 Å². The van der Waals surface area contributed by atoms with Crippen molar-refractivity contribution >= 4 is 27.6 Å². The Morgan fingerprint density at radius 1 is 1.42 bits per heavy atom. The van der Waals surface area contributed by atoms with Crippen molar-refractivity contribution in [3.63, 3.8) is 0 Å². The lowest BCUT2D eigenvalue weighted by atomic mass is 10.1. The van der Waals surface area contributed by atoms with E-state index in [-0.39, 0.29) is 22.0 Å². The fourth-order valence-corrected chi connectivity index (χ4v) is 2.62. The van der Waals surface area contributed by atoms with Gasteiger partial charge in [0.15, 0.2) is 0 Å². The molecule has 19 heavy (non-hydrogen) atoms. The quantitative estimate of drug-likeness (QED) is 0.755. The first-order valence-electron chi connectivity index (χ1n) is 5.28. The highest BCUT2D eigenvalue weighted by Crippen LogP contribution is 2.20. The number of sulfonamides is 1. The number of aliphatic hydroxyl groups is 1. The second-order valence-electron chi connectivity index (χ2n) is 4.58. The van der Waals surface area contributed by atoms with Gasteiger partial charge in [-0.1, -0.05) is 11.6 Å². The summed E-state index contributed by atoms with van der Waals surface area (Å²) in [4.78, 5) is 10.7. The molecule has 3 N–H and O–H groups in total. The molecule has 6 nitrogen and oxygen atoms in total. The van der Waals surface area contributed by atoms with Crippen LogP contribution in [0.4, 0.5) is 0 Å². The van der Waals surface area contributed by atoms with Crippen LogP contribution in [0.25, 0.3) is 0 Å². The number of hydrogen-bond donors (Lipinski definition) is 3. The first kappa shape index (κ1) is 15.9. The largest absolute Gasteiger partial charge is 0.478 e. The Balaban J connectivity index is 3.09. The number of hydrogen-bond acceptors (Lipinski definition) is 4. The van der Waals surface area contributed by atoms with Gasteiger partial charge in [-0.25, -0.2) is 17.9 Å². The summed E-state index contributed by atoms with van der Waals surface area (Å²) in [7, 11) is -3.90. The molecule has 0 saturated heterocycles. The average molecular weight is 308 g/mol. The normalized spacial score (nSPS) is 12.4. The van der Waals surface area contributed by atoms with Gasteiger partial charge in [0.1, 0.15) is 0 Å². The summed E-state index contributed by atoms with van der Waals surface area (Å²) in [5, 5.41) is 18.3. The minimum absolute atomic E-state index is 0.0473. The van der Waals surface area contributed by atoms with Crippen molar-refractivity contribution in [1.29, 1.82) is 0 Å². The lowest BCUT2D eigenvalue weighted by Gasteiger charge is -2.17. The van der Waals surface area contributed by atoms with Gasteiger partial charge in [-0.05, 0) is 32.0 Å². The van der Waals surface area contributed by atoms with E-state index in [9.17, 15) is 18.3 Å². The minimum atomic E-state index is -3.90. The van der Waals surface area contributed by atoms with Crippen LogP contribution < -0.4 is 4.72 Å². The maximum atomic E-state index is 11.9. The number of benzene rings is 1. The third-order valence-corrected chi connectivity index (χ3v) is 3.90. The molecule has 0 atom stereocenters. The van der Waals surface area contributed by atoms with Crippen molar-refractivity contribution < 1.29 is 23.4 Å². The zero-order chi connectivity index (χ0) is 14.8. The number of carboxylic acid groups (broad SMARTS) is 1. The molecule has 0 radical (unpaired) electrons. The van der Waals surface area contributed by atoms with Crippen molar-refractivity contribution in [2.24, 2.45) is 0 Å². The second kappa shape index (κ2) is 5.46. The predicted molar refractivity (Wildman–Crippen MR) is 69.9 cm³/mol. The minimum Gasteiger partial charge on any atom is -0.478 e. The molecule has 0 heterocycles. The highest BCUT2D eigenvalue weighted by atomic mass is 35.5. The van der Waals surface area contributed by atoms with Gasteiger partial charge >= 0.3 is 5.97 Å². The Kier molecular flexibility index (Phi) is 4.57. The maximum absolute atomic E-state index is 11.9. The molecule has 0 amide bonds. The van der Waals surface area contributed by atoms with Gasteiger partial charge in [0, 0.05) is 6.54 Å². The van der Waals surface area contributed by atoms with E-state index in [0.717, 1.165) is 6.07 Å². The third kappa shape index (κ3) is 4.46. The number of rotatable bonds is 5. The van der Waals surface area contributed by atoms with Crippen molar-refractivity contribution in [2.45, 2.75) is 24.3 Å². The third-order valence-electron chi connectivity index (χ3n) is 2.17. The first-order valence-corrected chi connectivity index (χ1v) is 7.14. The molecule has 1 aromatic rings. The molecule has 106 valence electrons. The molecule has 0 aliphatic heterocycles. The van der Waals surface area contributed by atoms with E-state index in [1.165, 1.54) is 26.0 Å². The molecule has 0 spiro atoms. The summed E-state index contributed by atoms with van der Waals surface area (Å²) < 4.78 is 26.0. The van der Waals surface area contributed by atoms with Crippen LogP contribution in [0.2, 0.25) is 5.02 Å². The van der Waals surface area contributed by atoms with Crippen molar-refractivity contribution in [3.05, 3.63) is 28.8 Å². The Labute approximate surface area is 116 Å². The summed E-state index contributed by atoms with van der Waals surface area (Å²) in [6, 6.07) is 3.36. The van der Waals surface area contributed by atoms with Crippen LogP contribution in [-0.2, 0) is 10.0 Å². The second-order valence-corrected chi connectivity index (χ2v) is 6.76. The fraction of sp³-hybridized carbons (Fsp3) is 0.364. The van der Waals surface area contributed by atoms with Crippen LogP contribution >= 0.6 is 11.6 Å².